The van der Waals surface area contributed by atoms with Crippen molar-refractivity contribution >= 4 is 28.5 Å². The van der Waals surface area contributed by atoms with Crippen molar-refractivity contribution in [1.29, 1.82) is 0 Å². The van der Waals surface area contributed by atoms with Gasteiger partial charge in [-0.15, -0.1) is 5.10 Å². The second kappa shape index (κ2) is 5.62. The molecule has 6 nitrogen and oxygen atoms in total. The third kappa shape index (κ3) is 2.05. The highest BCUT2D eigenvalue weighted by atomic mass is 16.2. The van der Waals surface area contributed by atoms with Crippen LogP contribution < -0.4 is 4.90 Å². The number of para-hydroxylation sites is 2. The van der Waals surface area contributed by atoms with Crippen LogP contribution in [0.25, 0.3) is 11.0 Å². The van der Waals surface area contributed by atoms with Crippen LogP contribution >= 0.6 is 0 Å². The topological polar surface area (TPSA) is 68.1 Å². The summed E-state index contributed by atoms with van der Waals surface area (Å²) < 4.78 is 1.77. The Hall–Kier alpha value is -3.28. The van der Waals surface area contributed by atoms with Gasteiger partial charge in [0.25, 0.3) is 0 Å². The first-order valence-electron chi connectivity index (χ1n) is 8.65. The van der Waals surface area contributed by atoms with Crippen molar-refractivity contribution in [3.8, 4) is 0 Å². The predicted molar refractivity (Wildman–Crippen MR) is 96.2 cm³/mol. The molecule has 2 aromatic carbocycles. The molecule has 1 aliphatic heterocycles. The highest BCUT2D eigenvalue weighted by molar-refractivity contribution is 6.22. The van der Waals surface area contributed by atoms with E-state index in [4.69, 9.17) is 0 Å². The molecule has 0 N–H and O–H groups in total. The molecule has 1 aromatic heterocycles. The van der Waals surface area contributed by atoms with Gasteiger partial charge in [0.2, 0.25) is 11.8 Å². The van der Waals surface area contributed by atoms with E-state index in [1.807, 2.05) is 54.6 Å². The highest BCUT2D eigenvalue weighted by Gasteiger charge is 2.52. The Morgan fingerprint density at radius 1 is 0.923 bits per heavy atom. The van der Waals surface area contributed by atoms with Gasteiger partial charge in [-0.2, -0.15) is 0 Å². The van der Waals surface area contributed by atoms with Crippen LogP contribution in [0.1, 0.15) is 12.5 Å². The number of carbonyl (C=O) groups is 2. The first-order valence-corrected chi connectivity index (χ1v) is 8.65. The molecular formula is C20H16N4O2. The van der Waals surface area contributed by atoms with E-state index in [0.29, 0.717) is 12.1 Å². The fraction of sp³-hybridized carbons (Fsp3) is 0.200. The number of hydrogen-bond donors (Lipinski definition) is 0. The Balaban J connectivity index is 1.60. The predicted octanol–water partition coefficient (Wildman–Crippen LogP) is 2.74. The maximum atomic E-state index is 13.2. The molecule has 1 fully saturated rings. The molecular weight excluding hydrogens is 328 g/mol. The average Bonchev–Trinajstić information content (AvgIpc) is 3.22. The van der Waals surface area contributed by atoms with Crippen molar-refractivity contribution in [3.63, 3.8) is 0 Å². The van der Waals surface area contributed by atoms with E-state index in [2.05, 4.69) is 10.3 Å². The second-order valence-corrected chi connectivity index (χ2v) is 6.66. The summed E-state index contributed by atoms with van der Waals surface area (Å²) in [5.41, 5.74) is 2.26. The molecule has 6 heteroatoms. The zero-order valence-corrected chi connectivity index (χ0v) is 13.9. The van der Waals surface area contributed by atoms with Crippen LogP contribution in [0.5, 0.6) is 0 Å². The van der Waals surface area contributed by atoms with Gasteiger partial charge in [-0.05, 0) is 30.7 Å². The highest BCUT2D eigenvalue weighted by Crippen LogP contribution is 2.43. The molecule has 0 radical (unpaired) electrons. The lowest BCUT2D eigenvalue weighted by molar-refractivity contribution is -0.122. The van der Waals surface area contributed by atoms with Crippen molar-refractivity contribution in [3.05, 3.63) is 66.7 Å². The van der Waals surface area contributed by atoms with E-state index >= 15 is 0 Å². The molecule has 0 spiro atoms. The summed E-state index contributed by atoms with van der Waals surface area (Å²) in [5.74, 6) is -1.12. The van der Waals surface area contributed by atoms with Crippen LogP contribution in [0.4, 0.5) is 5.69 Å². The minimum absolute atomic E-state index is 0.134. The van der Waals surface area contributed by atoms with Crippen molar-refractivity contribution in [1.82, 2.24) is 15.0 Å². The standard InChI is InChI=1S/C20H16N4O2/c25-19-14-9-6-12-17(24-16-11-5-4-10-15(16)21-22-24)18(14)20(26)23(19)13-7-2-1-3-8-13/h1-8,10-12,14,17-18H,9H2. The summed E-state index contributed by atoms with van der Waals surface area (Å²) in [7, 11) is 0. The lowest BCUT2D eigenvalue weighted by Gasteiger charge is -2.26. The molecule has 2 aliphatic rings. The number of imide groups is 1. The molecule has 2 heterocycles. The van der Waals surface area contributed by atoms with Crippen LogP contribution in [-0.4, -0.2) is 26.8 Å². The summed E-state index contributed by atoms with van der Waals surface area (Å²) in [6, 6.07) is 16.5. The summed E-state index contributed by atoms with van der Waals surface area (Å²) >= 11 is 0. The van der Waals surface area contributed by atoms with Crippen molar-refractivity contribution in [2.24, 2.45) is 11.8 Å². The molecule has 3 aromatic rings. The first-order chi connectivity index (χ1) is 12.8. The Bertz CT molecular complexity index is 1040. The average molecular weight is 344 g/mol. The van der Waals surface area contributed by atoms with Gasteiger partial charge in [0.1, 0.15) is 5.52 Å². The number of rotatable bonds is 2. The van der Waals surface area contributed by atoms with E-state index < -0.39 is 5.92 Å². The second-order valence-electron chi connectivity index (χ2n) is 6.66. The summed E-state index contributed by atoms with van der Waals surface area (Å²) in [5, 5.41) is 8.47. The minimum Gasteiger partial charge on any atom is -0.274 e. The molecule has 0 saturated carbocycles. The molecule has 128 valence electrons. The van der Waals surface area contributed by atoms with Gasteiger partial charge in [0.05, 0.1) is 29.1 Å². The van der Waals surface area contributed by atoms with Crippen LogP contribution in [0, 0.1) is 11.8 Å². The van der Waals surface area contributed by atoms with Gasteiger partial charge in [-0.1, -0.05) is 47.7 Å². The van der Waals surface area contributed by atoms with Crippen LogP contribution in [0.15, 0.2) is 66.7 Å². The molecule has 0 bridgehead atoms. The Kier molecular flexibility index (Phi) is 3.25. The van der Waals surface area contributed by atoms with Gasteiger partial charge >= 0.3 is 0 Å². The molecule has 2 amide bonds. The fourth-order valence-electron chi connectivity index (χ4n) is 4.04. The van der Waals surface area contributed by atoms with E-state index in [1.165, 1.54) is 4.90 Å². The molecule has 5 rings (SSSR count). The molecule has 26 heavy (non-hydrogen) atoms. The van der Waals surface area contributed by atoms with Crippen molar-refractivity contribution in [2.75, 3.05) is 4.90 Å². The SMILES string of the molecule is O=C1C2CC=CC(n3nnc4ccccc43)C2C(=O)N1c1ccccc1. The zero-order valence-electron chi connectivity index (χ0n) is 13.9. The van der Waals surface area contributed by atoms with Crippen molar-refractivity contribution < 1.29 is 9.59 Å². The largest absolute Gasteiger partial charge is 0.274 e. The number of fused-ring (bicyclic) bond motifs is 2. The number of aromatic nitrogens is 3. The van der Waals surface area contributed by atoms with Crippen LogP contribution in [-0.2, 0) is 9.59 Å². The summed E-state index contributed by atoms with van der Waals surface area (Å²) in [6.07, 6.45) is 4.52. The van der Waals surface area contributed by atoms with E-state index in [0.717, 1.165) is 11.0 Å². The zero-order chi connectivity index (χ0) is 17.7. The van der Waals surface area contributed by atoms with Crippen molar-refractivity contribution in [2.45, 2.75) is 12.5 Å². The molecule has 1 saturated heterocycles. The third-order valence-electron chi connectivity index (χ3n) is 5.24. The van der Waals surface area contributed by atoms with E-state index in [-0.39, 0.29) is 23.8 Å². The first kappa shape index (κ1) is 15.0. The third-order valence-corrected chi connectivity index (χ3v) is 5.24. The monoisotopic (exact) mass is 344 g/mol. The van der Waals surface area contributed by atoms with Gasteiger partial charge in [0, 0.05) is 0 Å². The Morgan fingerprint density at radius 3 is 2.54 bits per heavy atom. The van der Waals surface area contributed by atoms with Gasteiger partial charge in [0.15, 0.2) is 0 Å². The van der Waals surface area contributed by atoms with Gasteiger partial charge in [-0.3, -0.25) is 9.59 Å². The number of nitrogens with zero attached hydrogens (tertiary/aromatic N) is 4. The van der Waals surface area contributed by atoms with Gasteiger partial charge < -0.3 is 0 Å². The molecule has 1 aliphatic carbocycles. The number of carbonyl (C=O) groups excluding carboxylic acids is 2. The summed E-state index contributed by atoms with van der Waals surface area (Å²) in [6.45, 7) is 0. The lowest BCUT2D eigenvalue weighted by Crippen LogP contribution is -2.33. The summed E-state index contributed by atoms with van der Waals surface area (Å²) in [4.78, 5) is 27.5. The normalized spacial score (nSPS) is 25.1. The molecule has 3 unspecified atom stereocenters. The fourth-order valence-corrected chi connectivity index (χ4v) is 4.04. The molecule has 3 atom stereocenters. The number of allylic oxidation sites excluding steroid dienone is 2. The van der Waals surface area contributed by atoms with Crippen LogP contribution in [0.3, 0.4) is 0 Å². The van der Waals surface area contributed by atoms with Crippen LogP contribution in [0.2, 0.25) is 0 Å². The quantitative estimate of drug-likeness (QED) is 0.529. The number of hydrogen-bond acceptors (Lipinski definition) is 4. The van der Waals surface area contributed by atoms with E-state index in [9.17, 15) is 9.59 Å². The number of anilines is 1. The Morgan fingerprint density at radius 2 is 1.69 bits per heavy atom. The maximum absolute atomic E-state index is 13.2. The Labute approximate surface area is 149 Å². The minimum atomic E-state index is -0.460. The number of amides is 2. The number of benzene rings is 2. The maximum Gasteiger partial charge on any atom is 0.240 e. The van der Waals surface area contributed by atoms with Gasteiger partial charge in [-0.25, -0.2) is 9.58 Å². The van der Waals surface area contributed by atoms with E-state index in [1.54, 1.807) is 16.8 Å². The smallest absolute Gasteiger partial charge is 0.240 e. The lowest BCUT2D eigenvalue weighted by atomic mass is 9.81.